The van der Waals surface area contributed by atoms with Gasteiger partial charge in [-0.3, -0.25) is 0 Å². The molecule has 0 aliphatic carbocycles. The van der Waals surface area contributed by atoms with Crippen molar-refractivity contribution in [3.8, 4) is 35.0 Å². The van der Waals surface area contributed by atoms with E-state index in [4.69, 9.17) is 11.2 Å². The molecule has 1 aliphatic heterocycles. The molecule has 3 nitrogen and oxygen atoms in total. The van der Waals surface area contributed by atoms with Gasteiger partial charge in [0.05, 0.1) is 5.56 Å². The molecule has 0 fully saturated rings. The van der Waals surface area contributed by atoms with Crippen molar-refractivity contribution >= 4 is 7.64 Å². The summed E-state index contributed by atoms with van der Waals surface area (Å²) in [4.78, 5) is 3.12. The van der Waals surface area contributed by atoms with E-state index in [0.29, 0.717) is 12.3 Å². The van der Waals surface area contributed by atoms with Crippen molar-refractivity contribution in [2.45, 2.75) is 39.7 Å². The monoisotopic (exact) mass is 332 g/mol. The molecule has 0 bridgehead atoms. The molecule has 1 radical (unpaired) electrons. The maximum atomic E-state index is 10.4. The van der Waals surface area contributed by atoms with E-state index in [2.05, 4.69) is 64.3 Å². The first kappa shape index (κ1) is 18.8. The SMILES string of the molecule is CCc1cc(O)c2c(c1)OC(C)(C)c1ccc(C)cc1-2.[B]=NCC#C. The molecule has 2 aromatic carbocycles. The van der Waals surface area contributed by atoms with Gasteiger partial charge >= 0.3 is 31.4 Å². The van der Waals surface area contributed by atoms with Gasteiger partial charge in [-0.15, -0.1) is 0 Å². The fraction of sp³-hybridized carbons (Fsp3) is 0.333. The summed E-state index contributed by atoms with van der Waals surface area (Å²) < 4.78 is 6.15. The van der Waals surface area contributed by atoms with Crippen LogP contribution in [0.5, 0.6) is 11.5 Å². The number of ether oxygens (including phenoxy) is 1. The van der Waals surface area contributed by atoms with Crippen LogP contribution in [0.2, 0.25) is 0 Å². The van der Waals surface area contributed by atoms with Crippen LogP contribution in [0.15, 0.2) is 35.2 Å². The topological polar surface area (TPSA) is 41.8 Å². The predicted octanol–water partition coefficient (Wildman–Crippen LogP) is 4.53. The third-order valence-corrected chi connectivity index (χ3v) is 4.19. The first-order valence-electron chi connectivity index (χ1n) is 8.30. The molecule has 3 rings (SSSR count). The van der Waals surface area contributed by atoms with E-state index >= 15 is 0 Å². The zero-order chi connectivity index (χ0) is 18.6. The normalized spacial score (nSPS) is 13.2. The molecule has 0 saturated carbocycles. The minimum absolute atomic E-state index is 0.307. The van der Waals surface area contributed by atoms with Crippen LogP contribution in [-0.4, -0.2) is 19.3 Å². The first-order valence-corrected chi connectivity index (χ1v) is 8.30. The number of phenols is 1. The van der Waals surface area contributed by atoms with Gasteiger partial charge in [0.2, 0.25) is 0 Å². The second-order valence-corrected chi connectivity index (χ2v) is 6.55. The molecule has 0 atom stereocenters. The van der Waals surface area contributed by atoms with Crippen molar-refractivity contribution in [3.05, 3.63) is 47.0 Å². The molecule has 2 aromatic rings. The molecule has 4 heteroatoms. The van der Waals surface area contributed by atoms with Crippen molar-refractivity contribution in [3.63, 3.8) is 0 Å². The van der Waals surface area contributed by atoms with Crippen LogP contribution in [0.3, 0.4) is 0 Å². The number of fused-ring (bicyclic) bond motifs is 3. The van der Waals surface area contributed by atoms with Gasteiger partial charge in [-0.25, -0.2) is 0 Å². The second-order valence-electron chi connectivity index (χ2n) is 6.55. The number of hydrogen-bond donors (Lipinski definition) is 1. The van der Waals surface area contributed by atoms with Crippen LogP contribution in [0.4, 0.5) is 0 Å². The van der Waals surface area contributed by atoms with Crippen LogP contribution in [0.25, 0.3) is 11.1 Å². The van der Waals surface area contributed by atoms with Crippen molar-refractivity contribution < 1.29 is 9.84 Å². The summed E-state index contributed by atoms with van der Waals surface area (Å²) in [6.07, 6.45) is 5.60. The van der Waals surface area contributed by atoms with E-state index in [1.807, 2.05) is 12.1 Å². The average Bonchev–Trinajstić information content (AvgIpc) is 2.54. The second kappa shape index (κ2) is 7.57. The molecule has 127 valence electrons. The van der Waals surface area contributed by atoms with E-state index in [-0.39, 0.29) is 5.60 Å². The molecule has 0 unspecified atom stereocenters. The number of hydrogen-bond acceptors (Lipinski definition) is 3. The van der Waals surface area contributed by atoms with Crippen LogP contribution in [0, 0.1) is 19.3 Å². The molecule has 1 aliphatic rings. The van der Waals surface area contributed by atoms with Gasteiger partial charge in [0.25, 0.3) is 0 Å². The van der Waals surface area contributed by atoms with Gasteiger partial charge in [-0.1, -0.05) is 30.7 Å². The van der Waals surface area contributed by atoms with Gasteiger partial charge in [0.15, 0.2) is 0 Å². The molecule has 1 heterocycles. The number of rotatable bonds is 2. The van der Waals surface area contributed by atoms with Crippen molar-refractivity contribution in [2.75, 3.05) is 6.54 Å². The predicted molar refractivity (Wildman–Crippen MR) is 103 cm³/mol. The quantitative estimate of drug-likeness (QED) is 0.648. The van der Waals surface area contributed by atoms with Gasteiger partial charge in [0.1, 0.15) is 17.1 Å². The van der Waals surface area contributed by atoms with Crippen molar-refractivity contribution in [1.29, 1.82) is 0 Å². The van der Waals surface area contributed by atoms with Crippen molar-refractivity contribution in [1.82, 2.24) is 0 Å². The van der Waals surface area contributed by atoms with Gasteiger partial charge in [-0.05, 0) is 50.5 Å². The molecule has 0 saturated heterocycles. The number of benzene rings is 2. The Morgan fingerprint density at radius 2 is 2.00 bits per heavy atom. The van der Waals surface area contributed by atoms with Gasteiger partial charge < -0.3 is 9.84 Å². The van der Waals surface area contributed by atoms with E-state index in [0.717, 1.165) is 34.4 Å². The van der Waals surface area contributed by atoms with Crippen molar-refractivity contribution in [2.24, 2.45) is 4.90 Å². The van der Waals surface area contributed by atoms with E-state index in [1.54, 1.807) is 0 Å². The summed E-state index contributed by atoms with van der Waals surface area (Å²) in [6, 6.07) is 10.2. The molecule has 0 aromatic heterocycles. The Morgan fingerprint density at radius 3 is 2.56 bits per heavy atom. The zero-order valence-electron chi connectivity index (χ0n) is 15.3. The fourth-order valence-electron chi connectivity index (χ4n) is 2.98. The van der Waals surface area contributed by atoms with E-state index < -0.39 is 0 Å². The molecular weight excluding hydrogens is 309 g/mol. The molecule has 1 N–H and O–H groups in total. The Hall–Kier alpha value is -2.54. The molecular formula is C21H23BNO2. The average molecular weight is 332 g/mol. The number of aryl methyl sites for hydroxylation is 2. The Balaban J connectivity index is 0.000000399. The summed E-state index contributed by atoms with van der Waals surface area (Å²) in [5, 5.41) is 10.4. The van der Waals surface area contributed by atoms with Gasteiger partial charge in [-0.2, -0.15) is 0 Å². The zero-order valence-corrected chi connectivity index (χ0v) is 15.3. The van der Waals surface area contributed by atoms with E-state index in [9.17, 15) is 5.11 Å². The minimum atomic E-state index is -0.380. The molecule has 0 amide bonds. The first-order chi connectivity index (χ1) is 11.8. The number of terminal acetylenes is 1. The summed E-state index contributed by atoms with van der Waals surface area (Å²) in [5.41, 5.74) is 4.92. The Morgan fingerprint density at radius 1 is 1.28 bits per heavy atom. The number of aromatic hydroxyl groups is 1. The molecule has 25 heavy (non-hydrogen) atoms. The van der Waals surface area contributed by atoms with Crippen LogP contribution in [0.1, 0.15) is 37.5 Å². The van der Waals surface area contributed by atoms with Crippen LogP contribution in [-0.2, 0) is 12.0 Å². The summed E-state index contributed by atoms with van der Waals surface area (Å²) in [5.74, 6) is 3.32. The summed E-state index contributed by atoms with van der Waals surface area (Å²) in [6.45, 7) is 8.60. The fourth-order valence-corrected chi connectivity index (χ4v) is 2.98. The Bertz CT molecular complexity index is 835. The standard InChI is InChI=1S/C18H20O2.C3H3BN/c1-5-12-9-15(19)17-13-8-11(2)6-7-14(13)18(3,4)20-16(17)10-12;1-2-3-5-4/h6-10,19H,5H2,1-4H3;1H,3H2. The number of phenolic OH excluding ortho intramolecular Hbond substituents is 1. The third kappa shape index (κ3) is 3.93. The summed E-state index contributed by atoms with van der Waals surface area (Å²) >= 11 is 0. The van der Waals surface area contributed by atoms with Gasteiger partial charge in [0, 0.05) is 5.56 Å². The van der Waals surface area contributed by atoms with Crippen LogP contribution >= 0.6 is 0 Å². The van der Waals surface area contributed by atoms with E-state index in [1.165, 1.54) is 5.56 Å². The Labute approximate surface area is 151 Å². The maximum absolute atomic E-state index is 10.4. The number of nitrogens with zero attached hydrogens (tertiary/aromatic N) is 1. The third-order valence-electron chi connectivity index (χ3n) is 4.19. The Kier molecular flexibility index (Phi) is 5.69. The van der Waals surface area contributed by atoms with Crippen LogP contribution < -0.4 is 4.74 Å². The molecule has 0 spiro atoms. The summed E-state index contributed by atoms with van der Waals surface area (Å²) in [7, 11) is 4.62.